The van der Waals surface area contributed by atoms with E-state index in [1.165, 1.54) is 22.2 Å². The molecule has 21 heavy (non-hydrogen) atoms. The molecule has 3 rings (SSSR count). The van der Waals surface area contributed by atoms with Gasteiger partial charge in [-0.3, -0.25) is 4.72 Å². The van der Waals surface area contributed by atoms with Crippen molar-refractivity contribution >= 4 is 42.5 Å². The van der Waals surface area contributed by atoms with Crippen molar-refractivity contribution < 1.29 is 8.42 Å². The van der Waals surface area contributed by atoms with Gasteiger partial charge in [0.15, 0.2) is 16.0 Å². The Morgan fingerprint density at radius 3 is 2.81 bits per heavy atom. The van der Waals surface area contributed by atoms with E-state index in [1.807, 2.05) is 25.1 Å². The van der Waals surface area contributed by atoms with Crippen LogP contribution in [0.25, 0.3) is 10.2 Å². The van der Waals surface area contributed by atoms with Gasteiger partial charge >= 0.3 is 0 Å². The molecular weight excluding hydrogens is 310 g/mol. The van der Waals surface area contributed by atoms with Crippen molar-refractivity contribution in [3.63, 3.8) is 0 Å². The number of rotatable bonds is 3. The maximum absolute atomic E-state index is 12.4. The van der Waals surface area contributed by atoms with Crippen molar-refractivity contribution in [1.82, 2.24) is 14.5 Å². The standard InChI is InChI=1S/C12H13N5O2S2/c1-7-3-4-8-9(5-7)20-12(15-8)16-21(18,19)11-10(13)14-6-17(11)2/h3-6H,13H2,1-2H3,(H,15,16). The lowest BCUT2D eigenvalue weighted by molar-refractivity contribution is 0.592. The second kappa shape index (κ2) is 4.71. The van der Waals surface area contributed by atoms with Gasteiger partial charge in [-0.15, -0.1) is 0 Å². The molecule has 0 radical (unpaired) electrons. The van der Waals surface area contributed by atoms with Crippen molar-refractivity contribution in [1.29, 1.82) is 0 Å². The molecular formula is C12H13N5O2S2. The Hall–Kier alpha value is -2.13. The molecule has 0 aliphatic carbocycles. The van der Waals surface area contributed by atoms with Crippen LogP contribution in [0.1, 0.15) is 5.56 Å². The molecule has 0 aliphatic rings. The molecule has 0 unspecified atom stereocenters. The van der Waals surface area contributed by atoms with Gasteiger partial charge in [0.1, 0.15) is 0 Å². The normalized spacial score (nSPS) is 11.9. The van der Waals surface area contributed by atoms with Crippen LogP contribution in [0, 0.1) is 6.92 Å². The second-order valence-corrected chi connectivity index (χ2v) is 7.27. The lowest BCUT2D eigenvalue weighted by atomic mass is 10.2. The van der Waals surface area contributed by atoms with Crippen LogP contribution in [0.15, 0.2) is 29.6 Å². The molecule has 2 aromatic heterocycles. The molecule has 0 saturated carbocycles. The van der Waals surface area contributed by atoms with Crippen LogP contribution >= 0.6 is 11.3 Å². The van der Waals surface area contributed by atoms with Crippen LogP contribution in [0.3, 0.4) is 0 Å². The van der Waals surface area contributed by atoms with Gasteiger partial charge in [-0.25, -0.2) is 9.97 Å². The molecule has 0 saturated heterocycles. The fourth-order valence-electron chi connectivity index (χ4n) is 2.00. The predicted octanol–water partition coefficient (Wildman–Crippen LogP) is 1.72. The summed E-state index contributed by atoms with van der Waals surface area (Å²) in [7, 11) is -2.25. The Bertz CT molecular complexity index is 907. The lowest BCUT2D eigenvalue weighted by Gasteiger charge is -2.05. The highest BCUT2D eigenvalue weighted by molar-refractivity contribution is 7.93. The number of sulfonamides is 1. The van der Waals surface area contributed by atoms with Crippen molar-refractivity contribution in [3.8, 4) is 0 Å². The Balaban J connectivity index is 2.01. The second-order valence-electron chi connectivity index (χ2n) is 4.64. The molecule has 3 aromatic rings. The van der Waals surface area contributed by atoms with E-state index in [-0.39, 0.29) is 10.8 Å². The van der Waals surface area contributed by atoms with E-state index in [4.69, 9.17) is 5.73 Å². The summed E-state index contributed by atoms with van der Waals surface area (Å²) in [6.07, 6.45) is 1.35. The molecule has 0 spiro atoms. The molecule has 3 N–H and O–H groups in total. The van der Waals surface area contributed by atoms with Crippen molar-refractivity contribution in [3.05, 3.63) is 30.1 Å². The summed E-state index contributed by atoms with van der Waals surface area (Å²) in [5.41, 5.74) is 7.45. The molecule has 0 atom stereocenters. The SMILES string of the molecule is Cc1ccc2nc(NS(=O)(=O)c3c(N)ncn3C)sc2c1. The number of benzene rings is 1. The summed E-state index contributed by atoms with van der Waals surface area (Å²) in [6.45, 7) is 1.97. The van der Waals surface area contributed by atoms with Crippen LogP contribution in [-0.4, -0.2) is 23.0 Å². The summed E-state index contributed by atoms with van der Waals surface area (Å²) in [5, 5.41) is 0.231. The highest BCUT2D eigenvalue weighted by Gasteiger charge is 2.23. The monoisotopic (exact) mass is 323 g/mol. The molecule has 0 fully saturated rings. The minimum Gasteiger partial charge on any atom is -0.381 e. The summed E-state index contributed by atoms with van der Waals surface area (Å²) in [6, 6.07) is 5.75. The van der Waals surface area contributed by atoms with E-state index in [2.05, 4.69) is 14.7 Å². The number of nitrogens with two attached hydrogens (primary N) is 1. The third kappa shape index (κ3) is 2.45. The molecule has 0 amide bonds. The number of fused-ring (bicyclic) bond motifs is 1. The van der Waals surface area contributed by atoms with Crippen LogP contribution in [-0.2, 0) is 17.1 Å². The average Bonchev–Trinajstić information content (AvgIpc) is 2.91. The number of nitrogen functional groups attached to an aromatic ring is 1. The first-order valence-electron chi connectivity index (χ1n) is 6.03. The van der Waals surface area contributed by atoms with Gasteiger partial charge in [0.2, 0.25) is 0 Å². The first-order valence-corrected chi connectivity index (χ1v) is 8.33. The zero-order chi connectivity index (χ0) is 15.2. The Labute approximate surface area is 125 Å². The van der Waals surface area contributed by atoms with Gasteiger partial charge in [0, 0.05) is 7.05 Å². The van der Waals surface area contributed by atoms with Crippen LogP contribution in [0.4, 0.5) is 10.9 Å². The molecule has 2 heterocycles. The van der Waals surface area contributed by atoms with Gasteiger partial charge in [-0.1, -0.05) is 17.4 Å². The fraction of sp³-hybridized carbons (Fsp3) is 0.167. The summed E-state index contributed by atoms with van der Waals surface area (Å²) in [5.74, 6) is -0.0399. The van der Waals surface area contributed by atoms with Crippen LogP contribution in [0.5, 0.6) is 0 Å². The Morgan fingerprint density at radius 1 is 1.38 bits per heavy atom. The quantitative estimate of drug-likeness (QED) is 0.764. The summed E-state index contributed by atoms with van der Waals surface area (Å²) < 4.78 is 29.5. The first kappa shape index (κ1) is 13.8. The van der Waals surface area contributed by atoms with E-state index in [9.17, 15) is 8.42 Å². The minimum absolute atomic E-state index is 0.0399. The third-order valence-electron chi connectivity index (χ3n) is 2.93. The van der Waals surface area contributed by atoms with E-state index >= 15 is 0 Å². The number of thiazole rings is 1. The average molecular weight is 323 g/mol. The minimum atomic E-state index is -3.82. The fourth-order valence-corrected chi connectivity index (χ4v) is 4.44. The van der Waals surface area contributed by atoms with Gasteiger partial charge in [-0.05, 0) is 24.6 Å². The molecule has 0 aliphatic heterocycles. The number of nitrogens with zero attached hydrogens (tertiary/aromatic N) is 3. The van der Waals surface area contributed by atoms with Crippen LogP contribution < -0.4 is 10.5 Å². The smallest absolute Gasteiger partial charge is 0.283 e. The summed E-state index contributed by atoms with van der Waals surface area (Å²) in [4.78, 5) is 8.05. The van der Waals surface area contributed by atoms with E-state index in [0.717, 1.165) is 15.8 Å². The number of nitrogens with one attached hydrogen (secondary N) is 1. The maximum Gasteiger partial charge on any atom is 0.283 e. The van der Waals surface area contributed by atoms with Gasteiger partial charge in [-0.2, -0.15) is 8.42 Å². The molecule has 7 nitrogen and oxygen atoms in total. The van der Waals surface area contributed by atoms with E-state index in [0.29, 0.717) is 5.13 Å². The lowest BCUT2D eigenvalue weighted by Crippen LogP contribution is -2.17. The molecule has 1 aromatic carbocycles. The zero-order valence-corrected chi connectivity index (χ0v) is 13.0. The predicted molar refractivity (Wildman–Crippen MR) is 82.8 cm³/mol. The van der Waals surface area contributed by atoms with Crippen molar-refractivity contribution in [2.45, 2.75) is 11.9 Å². The van der Waals surface area contributed by atoms with Crippen molar-refractivity contribution in [2.24, 2.45) is 7.05 Å². The van der Waals surface area contributed by atoms with Gasteiger partial charge in [0.05, 0.1) is 16.5 Å². The number of aromatic nitrogens is 3. The Morgan fingerprint density at radius 2 is 2.14 bits per heavy atom. The molecule has 110 valence electrons. The van der Waals surface area contributed by atoms with E-state index < -0.39 is 10.0 Å². The Kier molecular flexibility index (Phi) is 3.10. The van der Waals surface area contributed by atoms with Crippen molar-refractivity contribution in [2.75, 3.05) is 10.5 Å². The largest absolute Gasteiger partial charge is 0.381 e. The van der Waals surface area contributed by atoms with Gasteiger partial charge in [0.25, 0.3) is 10.0 Å². The molecule has 0 bridgehead atoms. The number of anilines is 2. The van der Waals surface area contributed by atoms with Gasteiger partial charge < -0.3 is 10.3 Å². The third-order valence-corrected chi connectivity index (χ3v) is 5.46. The number of hydrogen-bond donors (Lipinski definition) is 2. The topological polar surface area (TPSA) is 103 Å². The number of imidazole rings is 1. The zero-order valence-electron chi connectivity index (χ0n) is 11.4. The maximum atomic E-state index is 12.4. The molecule has 9 heteroatoms. The highest BCUT2D eigenvalue weighted by atomic mass is 32.2. The van der Waals surface area contributed by atoms with Crippen LogP contribution in [0.2, 0.25) is 0 Å². The highest BCUT2D eigenvalue weighted by Crippen LogP contribution is 2.29. The number of aryl methyl sites for hydroxylation is 2. The summed E-state index contributed by atoms with van der Waals surface area (Å²) >= 11 is 1.28. The van der Waals surface area contributed by atoms with E-state index in [1.54, 1.807) is 7.05 Å². The number of hydrogen-bond acceptors (Lipinski definition) is 6. The first-order chi connectivity index (χ1) is 9.87.